The average Bonchev–Trinajstić information content (AvgIpc) is 3.03. The van der Waals surface area contributed by atoms with Gasteiger partial charge >= 0.3 is 12.2 Å². The van der Waals surface area contributed by atoms with Crippen molar-refractivity contribution in [1.82, 2.24) is 4.90 Å². The predicted octanol–water partition coefficient (Wildman–Crippen LogP) is 3.48. The summed E-state index contributed by atoms with van der Waals surface area (Å²) < 4.78 is 16.3. The fourth-order valence-corrected chi connectivity index (χ4v) is 2.66. The molecule has 2 amide bonds. The minimum atomic E-state index is -0.671. The molecular formula is C16H27NO5. The van der Waals surface area contributed by atoms with Crippen LogP contribution in [0.3, 0.4) is 0 Å². The topological polar surface area (TPSA) is 68.4 Å². The molecule has 6 nitrogen and oxygen atoms in total. The molecule has 1 heterocycles. The lowest BCUT2D eigenvalue weighted by Crippen LogP contribution is -2.52. The molecular weight excluding hydrogens is 286 g/mol. The third-order valence-corrected chi connectivity index (χ3v) is 3.50. The minimum absolute atomic E-state index is 0.0752. The number of rotatable bonds is 1. The fraction of sp³-hybridized carbons (Fsp3) is 0.875. The van der Waals surface area contributed by atoms with Crippen molar-refractivity contribution in [2.24, 2.45) is 0 Å². The third kappa shape index (κ3) is 4.35. The van der Waals surface area contributed by atoms with E-state index in [0.717, 1.165) is 24.2 Å². The van der Waals surface area contributed by atoms with E-state index in [-0.39, 0.29) is 18.2 Å². The second kappa shape index (κ2) is 5.72. The van der Waals surface area contributed by atoms with E-state index in [1.165, 1.54) is 0 Å². The van der Waals surface area contributed by atoms with Gasteiger partial charge in [0, 0.05) is 0 Å². The van der Waals surface area contributed by atoms with Crippen molar-refractivity contribution in [3.05, 3.63) is 0 Å². The van der Waals surface area contributed by atoms with Gasteiger partial charge in [-0.2, -0.15) is 0 Å². The van der Waals surface area contributed by atoms with Crippen molar-refractivity contribution in [2.75, 3.05) is 0 Å². The Bertz CT molecular complexity index is 420. The maximum atomic E-state index is 12.5. The lowest BCUT2D eigenvalue weighted by Gasteiger charge is -2.33. The van der Waals surface area contributed by atoms with Crippen LogP contribution in [0.2, 0.25) is 0 Å². The van der Waals surface area contributed by atoms with Crippen LogP contribution in [0.1, 0.15) is 60.8 Å². The van der Waals surface area contributed by atoms with Gasteiger partial charge in [0.25, 0.3) is 0 Å². The first-order valence-corrected chi connectivity index (χ1v) is 7.88. The molecule has 2 rings (SSSR count). The molecule has 0 radical (unpaired) electrons. The smallest absolute Gasteiger partial charge is 0.420 e. The van der Waals surface area contributed by atoms with E-state index in [2.05, 4.69) is 0 Å². The summed E-state index contributed by atoms with van der Waals surface area (Å²) in [4.78, 5) is 26.1. The number of hydrogen-bond donors (Lipinski definition) is 0. The lowest BCUT2D eigenvalue weighted by molar-refractivity contribution is -0.0112. The van der Waals surface area contributed by atoms with E-state index in [4.69, 9.17) is 14.2 Å². The number of nitrogens with zero attached hydrogens (tertiary/aromatic N) is 1. The Hall–Kier alpha value is -1.30. The zero-order chi connectivity index (χ0) is 16.7. The Morgan fingerprint density at radius 3 is 1.91 bits per heavy atom. The largest absolute Gasteiger partial charge is 0.443 e. The van der Waals surface area contributed by atoms with Crippen LogP contribution in [0.15, 0.2) is 0 Å². The van der Waals surface area contributed by atoms with Crippen LogP contribution in [0.25, 0.3) is 0 Å². The Balaban J connectivity index is 2.16. The molecule has 0 aromatic carbocycles. The van der Waals surface area contributed by atoms with Gasteiger partial charge in [-0.05, 0) is 60.8 Å². The van der Waals surface area contributed by atoms with Crippen molar-refractivity contribution < 1.29 is 23.8 Å². The number of carbonyl (C=O) groups excluding carboxylic acids is 2. The Labute approximate surface area is 132 Å². The summed E-state index contributed by atoms with van der Waals surface area (Å²) >= 11 is 0. The molecule has 1 aliphatic carbocycles. The van der Waals surface area contributed by atoms with Crippen molar-refractivity contribution in [1.29, 1.82) is 0 Å². The summed E-state index contributed by atoms with van der Waals surface area (Å²) in [5.74, 6) is 0. The summed E-state index contributed by atoms with van der Waals surface area (Å²) in [6.07, 6.45) is 1.39. The summed E-state index contributed by atoms with van der Waals surface area (Å²) in [5, 5.41) is 0. The highest BCUT2D eigenvalue weighted by atomic mass is 16.6. The summed E-state index contributed by atoms with van der Waals surface area (Å²) in [6.45, 7) is 10.6. The normalized spacial score (nSPS) is 27.6. The quantitative estimate of drug-likeness (QED) is 0.693. The summed E-state index contributed by atoms with van der Waals surface area (Å²) in [5.41, 5.74) is -1.34. The molecule has 6 heteroatoms. The van der Waals surface area contributed by atoms with Crippen molar-refractivity contribution in [3.8, 4) is 0 Å². The number of imide groups is 1. The fourth-order valence-electron chi connectivity index (χ4n) is 2.66. The Morgan fingerprint density at radius 2 is 1.45 bits per heavy atom. The number of epoxide rings is 1. The second-order valence-corrected chi connectivity index (χ2v) is 7.97. The van der Waals surface area contributed by atoms with Crippen molar-refractivity contribution >= 4 is 12.2 Å². The number of amides is 2. The zero-order valence-corrected chi connectivity index (χ0v) is 14.3. The van der Waals surface area contributed by atoms with E-state index in [9.17, 15) is 9.59 Å². The van der Waals surface area contributed by atoms with Crippen LogP contribution >= 0.6 is 0 Å². The second-order valence-electron chi connectivity index (χ2n) is 7.97. The highest BCUT2D eigenvalue weighted by Gasteiger charge is 2.53. The average molecular weight is 313 g/mol. The van der Waals surface area contributed by atoms with Crippen LogP contribution in [0.5, 0.6) is 0 Å². The molecule has 2 fully saturated rings. The first-order chi connectivity index (χ1) is 9.98. The van der Waals surface area contributed by atoms with Gasteiger partial charge in [0.05, 0.1) is 12.1 Å². The van der Waals surface area contributed by atoms with Gasteiger partial charge in [-0.25, -0.2) is 14.5 Å². The van der Waals surface area contributed by atoms with Crippen molar-refractivity contribution in [3.63, 3.8) is 0 Å². The van der Waals surface area contributed by atoms with E-state index >= 15 is 0 Å². The number of ether oxygens (including phenoxy) is 3. The number of carbonyl (C=O) groups is 2. The van der Waals surface area contributed by atoms with E-state index < -0.39 is 23.4 Å². The Kier molecular flexibility index (Phi) is 4.44. The molecule has 126 valence electrons. The molecule has 0 aromatic heterocycles. The van der Waals surface area contributed by atoms with E-state index in [1.54, 1.807) is 41.5 Å². The highest BCUT2D eigenvalue weighted by molar-refractivity contribution is 5.88. The van der Waals surface area contributed by atoms with Gasteiger partial charge in [-0.15, -0.1) is 0 Å². The summed E-state index contributed by atoms with van der Waals surface area (Å²) in [7, 11) is 0. The van der Waals surface area contributed by atoms with Crippen LogP contribution in [-0.4, -0.2) is 46.5 Å². The molecule has 0 aromatic rings. The van der Waals surface area contributed by atoms with E-state index in [0.29, 0.717) is 0 Å². The monoisotopic (exact) mass is 313 g/mol. The van der Waals surface area contributed by atoms with Crippen LogP contribution in [0, 0.1) is 0 Å². The SMILES string of the molecule is CC(C)(C)OC(=O)N(C(=O)OC(C)(C)C)C1CCCC2OC21. The van der Waals surface area contributed by atoms with Gasteiger partial charge in [-0.3, -0.25) is 0 Å². The van der Waals surface area contributed by atoms with Crippen LogP contribution in [-0.2, 0) is 14.2 Å². The zero-order valence-electron chi connectivity index (χ0n) is 14.3. The molecule has 0 spiro atoms. The van der Waals surface area contributed by atoms with Gasteiger partial charge in [-0.1, -0.05) is 0 Å². The van der Waals surface area contributed by atoms with Crippen LogP contribution < -0.4 is 0 Å². The predicted molar refractivity (Wildman–Crippen MR) is 80.6 cm³/mol. The molecule has 22 heavy (non-hydrogen) atoms. The van der Waals surface area contributed by atoms with Gasteiger partial charge in [0.15, 0.2) is 0 Å². The van der Waals surface area contributed by atoms with Gasteiger partial charge in [0.1, 0.15) is 17.3 Å². The standard InChI is InChI=1S/C16H27NO5/c1-15(2,3)21-13(18)17(14(19)22-16(4,5)6)10-8-7-9-11-12(10)20-11/h10-12H,7-9H2,1-6H3. The third-order valence-electron chi connectivity index (χ3n) is 3.50. The first-order valence-electron chi connectivity index (χ1n) is 7.88. The molecule has 3 atom stereocenters. The van der Waals surface area contributed by atoms with E-state index in [1.807, 2.05) is 0 Å². The molecule has 2 aliphatic rings. The Morgan fingerprint density at radius 1 is 0.955 bits per heavy atom. The maximum absolute atomic E-state index is 12.5. The van der Waals surface area contributed by atoms with Gasteiger partial charge in [0.2, 0.25) is 0 Å². The number of hydrogen-bond acceptors (Lipinski definition) is 5. The minimum Gasteiger partial charge on any atom is -0.443 e. The van der Waals surface area contributed by atoms with Crippen LogP contribution in [0.4, 0.5) is 9.59 Å². The molecule has 1 saturated heterocycles. The van der Waals surface area contributed by atoms with Crippen molar-refractivity contribution in [2.45, 2.75) is 90.3 Å². The maximum Gasteiger partial charge on any atom is 0.420 e. The molecule has 1 aliphatic heterocycles. The molecule has 0 N–H and O–H groups in total. The lowest BCUT2D eigenvalue weighted by atomic mass is 9.94. The van der Waals surface area contributed by atoms with Gasteiger partial charge < -0.3 is 14.2 Å². The number of fused-ring (bicyclic) bond motifs is 1. The summed E-state index contributed by atoms with van der Waals surface area (Å²) in [6, 6.07) is -0.302. The first kappa shape index (κ1) is 17.1. The highest BCUT2D eigenvalue weighted by Crippen LogP contribution is 2.40. The molecule has 3 unspecified atom stereocenters. The molecule has 0 bridgehead atoms. The molecule has 1 saturated carbocycles.